The van der Waals surface area contributed by atoms with Crippen LogP contribution in [0.4, 0.5) is 0 Å². The highest BCUT2D eigenvalue weighted by Crippen LogP contribution is 2.24. The van der Waals surface area contributed by atoms with Gasteiger partial charge < -0.3 is 16.0 Å². The predicted octanol–water partition coefficient (Wildman–Crippen LogP) is 1.25. The van der Waals surface area contributed by atoms with E-state index in [4.69, 9.17) is 5.73 Å². The van der Waals surface area contributed by atoms with Crippen molar-refractivity contribution in [2.24, 2.45) is 11.7 Å². The van der Waals surface area contributed by atoms with Gasteiger partial charge in [-0.1, -0.05) is 15.9 Å². The molecule has 4 N–H and O–H groups in total. The fourth-order valence-corrected chi connectivity index (χ4v) is 3.38. The third-order valence-corrected chi connectivity index (χ3v) is 4.74. The van der Waals surface area contributed by atoms with E-state index in [2.05, 4.69) is 31.4 Å². The van der Waals surface area contributed by atoms with E-state index in [0.717, 1.165) is 28.2 Å². The number of halogens is 1. The van der Waals surface area contributed by atoms with Crippen LogP contribution in [0.3, 0.4) is 0 Å². The van der Waals surface area contributed by atoms with E-state index >= 15 is 0 Å². The van der Waals surface area contributed by atoms with Crippen LogP contribution in [-0.4, -0.2) is 53.1 Å². The number of aromatic amines is 1. The van der Waals surface area contributed by atoms with Crippen LogP contribution in [0, 0.1) is 5.92 Å². The van der Waals surface area contributed by atoms with Crippen molar-refractivity contribution in [3.63, 3.8) is 0 Å². The van der Waals surface area contributed by atoms with Crippen molar-refractivity contribution >= 4 is 38.6 Å². The number of benzene rings is 1. The van der Waals surface area contributed by atoms with Crippen molar-refractivity contribution < 1.29 is 9.59 Å². The summed E-state index contributed by atoms with van der Waals surface area (Å²) in [5.41, 5.74) is 6.63. The average molecular weight is 394 g/mol. The van der Waals surface area contributed by atoms with E-state index in [1.54, 1.807) is 4.90 Å². The van der Waals surface area contributed by atoms with Gasteiger partial charge in [-0.3, -0.25) is 14.7 Å². The molecule has 2 amide bonds. The van der Waals surface area contributed by atoms with E-state index in [0.29, 0.717) is 31.9 Å². The van der Waals surface area contributed by atoms with Gasteiger partial charge in [0.25, 0.3) is 5.91 Å². The molecule has 1 atom stereocenters. The third kappa shape index (κ3) is 3.44. The molecule has 2 aromatic rings. The standard InChI is InChI=1S/C16H20BrN5O2/c17-11-3-4-13-12(8-11)14(21-20-13)16(24)22-7-1-2-10(9-22)15(23)19-6-5-18/h3-4,8,10H,1-2,5-7,9,18H2,(H,19,23)(H,20,21). The normalized spacial score (nSPS) is 17.9. The number of piperidine rings is 1. The first kappa shape index (κ1) is 16.9. The molecule has 128 valence electrons. The molecule has 1 aliphatic heterocycles. The van der Waals surface area contributed by atoms with Crippen LogP contribution in [0.5, 0.6) is 0 Å². The van der Waals surface area contributed by atoms with E-state index in [1.165, 1.54) is 0 Å². The number of aromatic nitrogens is 2. The first-order valence-corrected chi connectivity index (χ1v) is 8.80. The Bertz CT molecular complexity index is 760. The number of hydrogen-bond acceptors (Lipinski definition) is 4. The topological polar surface area (TPSA) is 104 Å². The Morgan fingerprint density at radius 1 is 1.46 bits per heavy atom. The molecule has 0 bridgehead atoms. The minimum atomic E-state index is -0.189. The van der Waals surface area contributed by atoms with Gasteiger partial charge in [-0.05, 0) is 31.0 Å². The van der Waals surface area contributed by atoms with E-state index in [-0.39, 0.29) is 17.7 Å². The van der Waals surface area contributed by atoms with Crippen LogP contribution in [0.25, 0.3) is 10.9 Å². The number of carbonyl (C=O) groups excluding carboxylic acids is 2. The Morgan fingerprint density at radius 2 is 2.29 bits per heavy atom. The molecule has 1 aliphatic rings. The zero-order chi connectivity index (χ0) is 17.1. The number of likely N-dealkylation sites (tertiary alicyclic amines) is 1. The van der Waals surface area contributed by atoms with Crippen molar-refractivity contribution in [1.82, 2.24) is 20.4 Å². The van der Waals surface area contributed by atoms with Crippen LogP contribution < -0.4 is 11.1 Å². The van der Waals surface area contributed by atoms with Crippen LogP contribution in [-0.2, 0) is 4.79 Å². The van der Waals surface area contributed by atoms with Gasteiger partial charge in [-0.25, -0.2) is 0 Å². The number of amides is 2. The maximum atomic E-state index is 12.8. The maximum absolute atomic E-state index is 12.8. The molecule has 0 aliphatic carbocycles. The number of rotatable bonds is 4. The lowest BCUT2D eigenvalue weighted by Gasteiger charge is -2.31. The Morgan fingerprint density at radius 3 is 3.08 bits per heavy atom. The monoisotopic (exact) mass is 393 g/mol. The second kappa shape index (κ2) is 7.31. The number of nitrogens with one attached hydrogen (secondary N) is 2. The zero-order valence-corrected chi connectivity index (χ0v) is 14.8. The minimum Gasteiger partial charge on any atom is -0.355 e. The van der Waals surface area contributed by atoms with Gasteiger partial charge in [0.15, 0.2) is 5.69 Å². The quantitative estimate of drug-likeness (QED) is 0.726. The molecule has 2 heterocycles. The van der Waals surface area contributed by atoms with Crippen molar-refractivity contribution in [3.05, 3.63) is 28.4 Å². The molecule has 24 heavy (non-hydrogen) atoms. The molecule has 1 saturated heterocycles. The van der Waals surface area contributed by atoms with Gasteiger partial charge in [0.05, 0.1) is 11.4 Å². The molecule has 1 fully saturated rings. The summed E-state index contributed by atoms with van der Waals surface area (Å²) in [6.45, 7) is 1.93. The molecule has 1 aromatic heterocycles. The highest BCUT2D eigenvalue weighted by atomic mass is 79.9. The smallest absolute Gasteiger partial charge is 0.275 e. The Balaban J connectivity index is 1.76. The summed E-state index contributed by atoms with van der Waals surface area (Å²) in [4.78, 5) is 26.7. The molecular weight excluding hydrogens is 374 g/mol. The summed E-state index contributed by atoms with van der Waals surface area (Å²) in [7, 11) is 0. The summed E-state index contributed by atoms with van der Waals surface area (Å²) in [5, 5.41) is 10.6. The van der Waals surface area contributed by atoms with Crippen LogP contribution in [0.2, 0.25) is 0 Å². The number of carbonyl (C=O) groups is 2. The lowest BCUT2D eigenvalue weighted by molar-refractivity contribution is -0.126. The highest BCUT2D eigenvalue weighted by Gasteiger charge is 2.30. The highest BCUT2D eigenvalue weighted by molar-refractivity contribution is 9.10. The van der Waals surface area contributed by atoms with Gasteiger partial charge in [-0.2, -0.15) is 5.10 Å². The SMILES string of the molecule is NCCNC(=O)C1CCCN(C(=O)c2n[nH]c3ccc(Br)cc23)C1. The molecule has 0 saturated carbocycles. The van der Waals surface area contributed by atoms with Crippen molar-refractivity contribution in [1.29, 1.82) is 0 Å². The van der Waals surface area contributed by atoms with Crippen LogP contribution >= 0.6 is 15.9 Å². The fraction of sp³-hybridized carbons (Fsp3) is 0.438. The molecule has 0 spiro atoms. The second-order valence-corrected chi connectivity index (χ2v) is 6.85. The molecule has 0 radical (unpaired) electrons. The van der Waals surface area contributed by atoms with E-state index < -0.39 is 0 Å². The van der Waals surface area contributed by atoms with Crippen molar-refractivity contribution in [2.75, 3.05) is 26.2 Å². The first-order valence-electron chi connectivity index (χ1n) is 8.01. The van der Waals surface area contributed by atoms with Crippen LogP contribution in [0.1, 0.15) is 23.3 Å². The number of nitrogens with zero attached hydrogens (tertiary/aromatic N) is 2. The molecule has 8 heteroatoms. The lowest BCUT2D eigenvalue weighted by atomic mass is 9.96. The van der Waals surface area contributed by atoms with E-state index in [9.17, 15) is 9.59 Å². The first-order chi connectivity index (χ1) is 11.6. The summed E-state index contributed by atoms with van der Waals surface area (Å²) in [6.07, 6.45) is 1.59. The largest absolute Gasteiger partial charge is 0.355 e. The zero-order valence-electron chi connectivity index (χ0n) is 13.2. The summed E-state index contributed by atoms with van der Waals surface area (Å²) in [5.74, 6) is -0.366. The third-order valence-electron chi connectivity index (χ3n) is 4.25. The molecule has 7 nitrogen and oxygen atoms in total. The Hall–Kier alpha value is -1.93. The van der Waals surface area contributed by atoms with Gasteiger partial charge in [-0.15, -0.1) is 0 Å². The fourth-order valence-electron chi connectivity index (χ4n) is 3.01. The number of nitrogens with two attached hydrogens (primary N) is 1. The maximum Gasteiger partial charge on any atom is 0.275 e. The lowest BCUT2D eigenvalue weighted by Crippen LogP contribution is -2.46. The van der Waals surface area contributed by atoms with Gasteiger partial charge >= 0.3 is 0 Å². The van der Waals surface area contributed by atoms with Gasteiger partial charge in [0.1, 0.15) is 0 Å². The predicted molar refractivity (Wildman–Crippen MR) is 94.5 cm³/mol. The van der Waals surface area contributed by atoms with Crippen molar-refractivity contribution in [3.8, 4) is 0 Å². The second-order valence-electron chi connectivity index (χ2n) is 5.93. The minimum absolute atomic E-state index is 0.0346. The van der Waals surface area contributed by atoms with Gasteiger partial charge in [0, 0.05) is 36.0 Å². The average Bonchev–Trinajstić information content (AvgIpc) is 3.02. The van der Waals surface area contributed by atoms with Crippen molar-refractivity contribution in [2.45, 2.75) is 12.8 Å². The Labute approximate surface area is 148 Å². The van der Waals surface area contributed by atoms with E-state index in [1.807, 2.05) is 18.2 Å². The summed E-state index contributed by atoms with van der Waals surface area (Å²) >= 11 is 3.42. The number of hydrogen-bond donors (Lipinski definition) is 3. The number of fused-ring (bicyclic) bond motifs is 1. The van der Waals surface area contributed by atoms with Gasteiger partial charge in [0.2, 0.25) is 5.91 Å². The number of H-pyrrole nitrogens is 1. The molecular formula is C16H20BrN5O2. The molecule has 1 unspecified atom stereocenters. The summed E-state index contributed by atoms with van der Waals surface area (Å²) in [6, 6.07) is 5.65. The Kier molecular flexibility index (Phi) is 5.15. The molecule has 1 aromatic carbocycles. The molecule has 3 rings (SSSR count). The summed E-state index contributed by atoms with van der Waals surface area (Å²) < 4.78 is 0.892. The van der Waals surface area contributed by atoms with Crippen LogP contribution in [0.15, 0.2) is 22.7 Å².